The highest BCUT2D eigenvalue weighted by molar-refractivity contribution is 5.56. The standard InChI is InChI=1S/C17H20F2N2/c1-5-13-10-20-16(21-12(13)4)14-6-8-15(9-7-14)17(18,19)11(2)3/h6-11H,5H2,1-4H3. The zero-order chi connectivity index (χ0) is 15.6. The summed E-state index contributed by atoms with van der Waals surface area (Å²) in [6.07, 6.45) is 2.68. The molecule has 0 saturated carbocycles. The second-order valence-electron chi connectivity index (χ2n) is 5.51. The molecule has 0 bridgehead atoms. The van der Waals surface area contributed by atoms with Crippen LogP contribution in [0.4, 0.5) is 8.78 Å². The van der Waals surface area contributed by atoms with Crippen LogP contribution in [-0.4, -0.2) is 9.97 Å². The Balaban J connectivity index is 2.33. The lowest BCUT2D eigenvalue weighted by atomic mass is 9.97. The van der Waals surface area contributed by atoms with Crippen molar-refractivity contribution in [1.29, 1.82) is 0 Å². The number of hydrogen-bond acceptors (Lipinski definition) is 2. The average Bonchev–Trinajstić information content (AvgIpc) is 2.47. The Hall–Kier alpha value is -1.84. The lowest BCUT2D eigenvalue weighted by Crippen LogP contribution is -2.20. The van der Waals surface area contributed by atoms with Gasteiger partial charge in [-0.05, 0) is 18.9 Å². The third kappa shape index (κ3) is 3.09. The smallest absolute Gasteiger partial charge is 0.236 e. The van der Waals surface area contributed by atoms with Crippen LogP contribution in [0.25, 0.3) is 11.4 Å². The molecule has 0 amide bonds. The molecule has 1 heterocycles. The molecule has 0 aliphatic heterocycles. The summed E-state index contributed by atoms with van der Waals surface area (Å²) in [6.45, 7) is 7.02. The number of hydrogen-bond donors (Lipinski definition) is 0. The maximum atomic E-state index is 13.9. The van der Waals surface area contributed by atoms with Crippen molar-refractivity contribution < 1.29 is 8.78 Å². The van der Waals surface area contributed by atoms with Crippen LogP contribution < -0.4 is 0 Å². The van der Waals surface area contributed by atoms with Crippen LogP contribution in [0.3, 0.4) is 0 Å². The molecule has 2 nitrogen and oxygen atoms in total. The Kier molecular flexibility index (Phi) is 4.35. The van der Waals surface area contributed by atoms with Gasteiger partial charge in [0, 0.05) is 28.9 Å². The summed E-state index contributed by atoms with van der Waals surface area (Å²) < 4.78 is 27.9. The summed E-state index contributed by atoms with van der Waals surface area (Å²) in [4.78, 5) is 8.75. The quantitative estimate of drug-likeness (QED) is 0.811. The molecule has 0 aliphatic rings. The highest BCUT2D eigenvalue weighted by Gasteiger charge is 2.35. The van der Waals surface area contributed by atoms with Gasteiger partial charge in [-0.1, -0.05) is 45.0 Å². The van der Waals surface area contributed by atoms with Crippen LogP contribution in [-0.2, 0) is 12.3 Å². The first-order chi connectivity index (χ1) is 9.86. The van der Waals surface area contributed by atoms with Gasteiger partial charge in [-0.25, -0.2) is 18.7 Å². The zero-order valence-corrected chi connectivity index (χ0v) is 12.8. The van der Waals surface area contributed by atoms with E-state index in [9.17, 15) is 8.78 Å². The van der Waals surface area contributed by atoms with Gasteiger partial charge in [0.25, 0.3) is 5.92 Å². The van der Waals surface area contributed by atoms with Crippen LogP contribution in [0, 0.1) is 12.8 Å². The maximum absolute atomic E-state index is 13.9. The van der Waals surface area contributed by atoms with Gasteiger partial charge in [0.15, 0.2) is 5.82 Å². The van der Waals surface area contributed by atoms with Crippen molar-refractivity contribution in [3.8, 4) is 11.4 Å². The van der Waals surface area contributed by atoms with Crippen molar-refractivity contribution in [2.45, 2.75) is 40.0 Å². The molecule has 21 heavy (non-hydrogen) atoms. The van der Waals surface area contributed by atoms with E-state index in [1.807, 2.05) is 13.8 Å². The first kappa shape index (κ1) is 15.5. The van der Waals surface area contributed by atoms with Gasteiger partial charge in [0.2, 0.25) is 0 Å². The van der Waals surface area contributed by atoms with Crippen molar-refractivity contribution in [2.75, 3.05) is 0 Å². The van der Waals surface area contributed by atoms with Crippen molar-refractivity contribution in [3.63, 3.8) is 0 Å². The summed E-state index contributed by atoms with van der Waals surface area (Å²) in [5, 5.41) is 0. The predicted molar refractivity (Wildman–Crippen MR) is 80.3 cm³/mol. The van der Waals surface area contributed by atoms with E-state index < -0.39 is 11.8 Å². The topological polar surface area (TPSA) is 25.8 Å². The van der Waals surface area contributed by atoms with E-state index >= 15 is 0 Å². The zero-order valence-electron chi connectivity index (χ0n) is 12.8. The fraction of sp³-hybridized carbons (Fsp3) is 0.412. The molecule has 0 N–H and O–H groups in total. The Labute approximate surface area is 124 Å². The summed E-state index contributed by atoms with van der Waals surface area (Å²) in [6, 6.07) is 6.24. The molecule has 4 heteroatoms. The van der Waals surface area contributed by atoms with E-state index in [0.717, 1.165) is 23.2 Å². The minimum absolute atomic E-state index is 0.0307. The maximum Gasteiger partial charge on any atom is 0.275 e. The molecule has 1 aromatic heterocycles. The molecule has 0 atom stereocenters. The number of rotatable bonds is 4. The van der Waals surface area contributed by atoms with Gasteiger partial charge in [0.05, 0.1) is 0 Å². The molecule has 0 unspecified atom stereocenters. The Morgan fingerprint density at radius 3 is 2.24 bits per heavy atom. The van der Waals surface area contributed by atoms with Crippen LogP contribution in [0.5, 0.6) is 0 Å². The highest BCUT2D eigenvalue weighted by atomic mass is 19.3. The van der Waals surface area contributed by atoms with E-state index in [1.165, 1.54) is 26.0 Å². The molecule has 1 aromatic carbocycles. The third-order valence-corrected chi connectivity index (χ3v) is 3.71. The number of aryl methyl sites for hydroxylation is 2. The summed E-state index contributed by atoms with van der Waals surface area (Å²) in [7, 11) is 0. The Morgan fingerprint density at radius 2 is 1.76 bits per heavy atom. The largest absolute Gasteiger partial charge is 0.275 e. The van der Waals surface area contributed by atoms with Crippen LogP contribution in [0.1, 0.15) is 37.6 Å². The van der Waals surface area contributed by atoms with Gasteiger partial charge in [0.1, 0.15) is 0 Å². The minimum atomic E-state index is -2.82. The van der Waals surface area contributed by atoms with Crippen molar-refractivity contribution >= 4 is 0 Å². The number of alkyl halides is 2. The molecule has 0 spiro atoms. The lowest BCUT2D eigenvalue weighted by Gasteiger charge is -2.20. The van der Waals surface area contributed by atoms with Crippen LogP contribution >= 0.6 is 0 Å². The first-order valence-corrected chi connectivity index (χ1v) is 7.17. The molecule has 2 rings (SSSR count). The van der Waals surface area contributed by atoms with Crippen LogP contribution in [0.2, 0.25) is 0 Å². The molecule has 2 aromatic rings. The second-order valence-corrected chi connectivity index (χ2v) is 5.51. The molecule has 0 saturated heterocycles. The van der Waals surface area contributed by atoms with Crippen molar-refractivity contribution in [2.24, 2.45) is 5.92 Å². The van der Waals surface area contributed by atoms with Gasteiger partial charge >= 0.3 is 0 Å². The number of halogens is 2. The normalized spacial score (nSPS) is 12.0. The Morgan fingerprint density at radius 1 is 1.14 bits per heavy atom. The third-order valence-electron chi connectivity index (χ3n) is 3.71. The number of aromatic nitrogens is 2. The van der Waals surface area contributed by atoms with E-state index in [-0.39, 0.29) is 5.56 Å². The molecular weight excluding hydrogens is 270 g/mol. The van der Waals surface area contributed by atoms with Gasteiger partial charge in [-0.2, -0.15) is 0 Å². The van der Waals surface area contributed by atoms with Gasteiger partial charge in [-0.3, -0.25) is 0 Å². The van der Waals surface area contributed by atoms with E-state index in [1.54, 1.807) is 18.3 Å². The summed E-state index contributed by atoms with van der Waals surface area (Å²) >= 11 is 0. The molecule has 0 aliphatic carbocycles. The second kappa shape index (κ2) is 5.88. The van der Waals surface area contributed by atoms with Crippen LogP contribution in [0.15, 0.2) is 30.5 Å². The number of benzene rings is 1. The highest BCUT2D eigenvalue weighted by Crippen LogP contribution is 2.36. The lowest BCUT2D eigenvalue weighted by molar-refractivity contribution is -0.0513. The van der Waals surface area contributed by atoms with Crippen molar-refractivity contribution in [3.05, 3.63) is 47.3 Å². The van der Waals surface area contributed by atoms with Gasteiger partial charge in [-0.15, -0.1) is 0 Å². The average molecular weight is 290 g/mol. The molecule has 0 fully saturated rings. The Bertz CT molecular complexity index is 619. The van der Waals surface area contributed by atoms with E-state index in [4.69, 9.17) is 0 Å². The van der Waals surface area contributed by atoms with E-state index in [2.05, 4.69) is 9.97 Å². The fourth-order valence-electron chi connectivity index (χ4n) is 2.15. The summed E-state index contributed by atoms with van der Waals surface area (Å²) in [5.41, 5.74) is 2.81. The van der Waals surface area contributed by atoms with Crippen molar-refractivity contribution in [1.82, 2.24) is 9.97 Å². The van der Waals surface area contributed by atoms with E-state index in [0.29, 0.717) is 5.82 Å². The molecular formula is C17H20F2N2. The predicted octanol–water partition coefficient (Wildman–Crippen LogP) is 4.76. The minimum Gasteiger partial charge on any atom is -0.236 e. The fourth-order valence-corrected chi connectivity index (χ4v) is 2.15. The number of nitrogens with zero attached hydrogens (tertiary/aromatic N) is 2. The molecule has 0 radical (unpaired) electrons. The van der Waals surface area contributed by atoms with Gasteiger partial charge < -0.3 is 0 Å². The monoisotopic (exact) mass is 290 g/mol. The first-order valence-electron chi connectivity index (χ1n) is 7.17. The summed E-state index contributed by atoms with van der Waals surface area (Å²) in [5.74, 6) is -2.98. The SMILES string of the molecule is CCc1cnc(-c2ccc(C(F)(F)C(C)C)cc2)nc1C. The molecule has 112 valence electrons.